The average Bonchev–Trinajstić information content (AvgIpc) is 2.93. The smallest absolute Gasteiger partial charge is 0.229 e. The van der Waals surface area contributed by atoms with E-state index in [1.165, 1.54) is 12.5 Å². The highest BCUT2D eigenvalue weighted by Crippen LogP contribution is 2.37. The molecule has 2 aromatic rings. The number of carbonyl (C=O) groups is 1. The molecule has 0 spiro atoms. The maximum atomic E-state index is 11.5. The van der Waals surface area contributed by atoms with E-state index in [4.69, 9.17) is 10.3 Å². The van der Waals surface area contributed by atoms with Gasteiger partial charge in [0.2, 0.25) is 11.8 Å². The van der Waals surface area contributed by atoms with E-state index in [-0.39, 0.29) is 24.4 Å². The molecule has 1 aromatic carbocycles. The van der Waals surface area contributed by atoms with Crippen molar-refractivity contribution in [3.8, 4) is 0 Å². The predicted molar refractivity (Wildman–Crippen MR) is 92.7 cm³/mol. The molecule has 1 unspecified atom stereocenters. The second-order valence-electron chi connectivity index (χ2n) is 6.39. The Bertz CT molecular complexity index is 695. The van der Waals surface area contributed by atoms with E-state index in [2.05, 4.69) is 15.5 Å². The van der Waals surface area contributed by atoms with Gasteiger partial charge in [-0.05, 0) is 31.7 Å². The SMILES string of the molecule is CC(=O)NC(Cc1nc(C2(N)CCC2)no1)c1ccc(C)cc1.Cl. The van der Waals surface area contributed by atoms with Crippen molar-refractivity contribution < 1.29 is 9.32 Å². The summed E-state index contributed by atoms with van der Waals surface area (Å²) in [6, 6.07) is 7.85. The minimum atomic E-state index is -0.435. The van der Waals surface area contributed by atoms with Crippen molar-refractivity contribution in [2.24, 2.45) is 5.73 Å². The lowest BCUT2D eigenvalue weighted by Crippen LogP contribution is -2.44. The van der Waals surface area contributed by atoms with Crippen LogP contribution in [0.25, 0.3) is 0 Å². The van der Waals surface area contributed by atoms with Gasteiger partial charge in [0.25, 0.3) is 0 Å². The van der Waals surface area contributed by atoms with Crippen molar-refractivity contribution in [2.45, 2.75) is 51.1 Å². The minimum Gasteiger partial charge on any atom is -0.349 e. The van der Waals surface area contributed by atoms with E-state index < -0.39 is 5.54 Å². The number of aryl methyl sites for hydroxylation is 1. The summed E-state index contributed by atoms with van der Waals surface area (Å²) in [5.41, 5.74) is 7.97. The Morgan fingerprint density at radius 3 is 2.58 bits per heavy atom. The van der Waals surface area contributed by atoms with Crippen LogP contribution >= 0.6 is 12.4 Å². The van der Waals surface area contributed by atoms with E-state index in [9.17, 15) is 4.79 Å². The lowest BCUT2D eigenvalue weighted by Gasteiger charge is -2.34. The van der Waals surface area contributed by atoms with Gasteiger partial charge in [-0.2, -0.15) is 4.98 Å². The molecule has 3 rings (SSSR count). The maximum absolute atomic E-state index is 11.5. The van der Waals surface area contributed by atoms with E-state index in [1.54, 1.807) is 0 Å². The molecule has 0 radical (unpaired) electrons. The number of hydrogen-bond donors (Lipinski definition) is 2. The third-order valence-corrected chi connectivity index (χ3v) is 4.40. The Kier molecular flexibility index (Phi) is 5.62. The summed E-state index contributed by atoms with van der Waals surface area (Å²) in [4.78, 5) is 15.9. The van der Waals surface area contributed by atoms with E-state index in [0.717, 1.165) is 24.8 Å². The molecule has 0 aliphatic heterocycles. The quantitative estimate of drug-likeness (QED) is 0.864. The summed E-state index contributed by atoms with van der Waals surface area (Å²) in [7, 11) is 0. The molecule has 1 amide bonds. The Balaban J connectivity index is 0.00000208. The number of hydrogen-bond acceptors (Lipinski definition) is 5. The Morgan fingerprint density at radius 1 is 1.38 bits per heavy atom. The number of aromatic nitrogens is 2. The van der Waals surface area contributed by atoms with Crippen molar-refractivity contribution in [1.29, 1.82) is 0 Å². The van der Waals surface area contributed by atoms with Crippen molar-refractivity contribution in [3.63, 3.8) is 0 Å². The molecular formula is C17H23ClN4O2. The zero-order valence-electron chi connectivity index (χ0n) is 13.9. The first-order valence-corrected chi connectivity index (χ1v) is 7.92. The summed E-state index contributed by atoms with van der Waals surface area (Å²) in [6.45, 7) is 3.53. The fraction of sp³-hybridized carbons (Fsp3) is 0.471. The summed E-state index contributed by atoms with van der Waals surface area (Å²) >= 11 is 0. The van der Waals surface area contributed by atoms with E-state index >= 15 is 0 Å². The molecule has 6 nitrogen and oxygen atoms in total. The first kappa shape index (κ1) is 18.4. The van der Waals surface area contributed by atoms with Crippen molar-refractivity contribution in [2.75, 3.05) is 0 Å². The van der Waals surface area contributed by atoms with Crippen molar-refractivity contribution in [1.82, 2.24) is 15.5 Å². The molecule has 1 atom stereocenters. The Labute approximate surface area is 147 Å². The van der Waals surface area contributed by atoms with Gasteiger partial charge >= 0.3 is 0 Å². The summed E-state index contributed by atoms with van der Waals surface area (Å²) in [5.74, 6) is 0.977. The second-order valence-corrected chi connectivity index (χ2v) is 6.39. The molecule has 1 aliphatic carbocycles. The lowest BCUT2D eigenvalue weighted by molar-refractivity contribution is -0.119. The van der Waals surface area contributed by atoms with Crippen LogP contribution in [0.3, 0.4) is 0 Å². The van der Waals surface area contributed by atoms with Gasteiger partial charge in [-0.15, -0.1) is 12.4 Å². The van der Waals surface area contributed by atoms with Gasteiger partial charge in [0.05, 0.1) is 18.0 Å². The number of carbonyl (C=O) groups excluding carboxylic acids is 1. The first-order valence-electron chi connectivity index (χ1n) is 7.92. The molecule has 130 valence electrons. The fourth-order valence-electron chi connectivity index (χ4n) is 2.79. The van der Waals surface area contributed by atoms with Gasteiger partial charge in [0.15, 0.2) is 5.82 Å². The Morgan fingerprint density at radius 2 is 2.04 bits per heavy atom. The molecular weight excluding hydrogens is 328 g/mol. The van der Waals surface area contributed by atoms with Crippen LogP contribution < -0.4 is 11.1 Å². The maximum Gasteiger partial charge on any atom is 0.229 e. The van der Waals surface area contributed by atoms with Gasteiger partial charge in [0.1, 0.15) is 0 Å². The monoisotopic (exact) mass is 350 g/mol. The molecule has 3 N–H and O–H groups in total. The minimum absolute atomic E-state index is 0. The van der Waals surface area contributed by atoms with Crippen LogP contribution in [0.4, 0.5) is 0 Å². The zero-order valence-corrected chi connectivity index (χ0v) is 14.7. The number of amides is 1. The standard InChI is InChI=1S/C17H22N4O2.ClH/c1-11-4-6-13(7-5-11)14(19-12(2)22)10-15-20-16(21-23-15)17(18)8-3-9-17;/h4-7,14H,3,8-10,18H2,1-2H3,(H,19,22);1H. The molecule has 0 saturated heterocycles. The molecule has 1 fully saturated rings. The van der Waals surface area contributed by atoms with Gasteiger partial charge < -0.3 is 15.6 Å². The number of rotatable bonds is 5. The van der Waals surface area contributed by atoms with Gasteiger partial charge in [-0.1, -0.05) is 35.0 Å². The fourth-order valence-corrected chi connectivity index (χ4v) is 2.79. The largest absolute Gasteiger partial charge is 0.349 e. The number of nitrogens with one attached hydrogen (secondary N) is 1. The van der Waals surface area contributed by atoms with Crippen LogP contribution in [0.2, 0.25) is 0 Å². The van der Waals surface area contributed by atoms with Crippen LogP contribution in [-0.4, -0.2) is 16.0 Å². The van der Waals surface area contributed by atoms with Crippen molar-refractivity contribution >= 4 is 18.3 Å². The van der Waals surface area contributed by atoms with Gasteiger partial charge in [0, 0.05) is 6.92 Å². The highest BCUT2D eigenvalue weighted by molar-refractivity contribution is 5.85. The number of benzene rings is 1. The number of halogens is 1. The van der Waals surface area contributed by atoms with Crippen molar-refractivity contribution in [3.05, 3.63) is 47.1 Å². The molecule has 1 aromatic heterocycles. The first-order chi connectivity index (χ1) is 11.0. The average molecular weight is 351 g/mol. The van der Waals surface area contributed by atoms with Gasteiger partial charge in [-0.3, -0.25) is 4.79 Å². The molecule has 1 aliphatic rings. The zero-order chi connectivity index (χ0) is 16.4. The van der Waals surface area contributed by atoms with Crippen LogP contribution in [0, 0.1) is 6.92 Å². The highest BCUT2D eigenvalue weighted by atomic mass is 35.5. The normalized spacial score (nSPS) is 16.6. The third kappa shape index (κ3) is 3.94. The van der Waals surface area contributed by atoms with Crippen LogP contribution in [-0.2, 0) is 16.8 Å². The highest BCUT2D eigenvalue weighted by Gasteiger charge is 2.39. The number of nitrogens with two attached hydrogens (primary N) is 1. The Hall–Kier alpha value is -1.92. The van der Waals surface area contributed by atoms with Crippen LogP contribution in [0.5, 0.6) is 0 Å². The second kappa shape index (κ2) is 7.32. The molecule has 7 heteroatoms. The summed E-state index contributed by atoms with van der Waals surface area (Å²) < 4.78 is 5.35. The van der Waals surface area contributed by atoms with Crippen LogP contribution in [0.15, 0.2) is 28.8 Å². The van der Waals surface area contributed by atoms with E-state index in [0.29, 0.717) is 18.1 Å². The summed E-state index contributed by atoms with van der Waals surface area (Å²) in [6.07, 6.45) is 3.32. The van der Waals surface area contributed by atoms with Gasteiger partial charge in [-0.25, -0.2) is 0 Å². The van der Waals surface area contributed by atoms with E-state index in [1.807, 2.05) is 31.2 Å². The lowest BCUT2D eigenvalue weighted by atomic mass is 9.77. The predicted octanol–water partition coefficient (Wildman–Crippen LogP) is 2.56. The molecule has 1 saturated carbocycles. The molecule has 24 heavy (non-hydrogen) atoms. The van der Waals surface area contributed by atoms with Crippen LogP contribution in [0.1, 0.15) is 55.1 Å². The summed E-state index contributed by atoms with van der Waals surface area (Å²) in [5, 5.41) is 6.97. The molecule has 1 heterocycles. The third-order valence-electron chi connectivity index (χ3n) is 4.40. The molecule has 0 bridgehead atoms. The number of nitrogens with zero attached hydrogens (tertiary/aromatic N) is 2. The topological polar surface area (TPSA) is 94.0 Å².